The van der Waals surface area contributed by atoms with Gasteiger partial charge in [-0.2, -0.15) is 13.2 Å². The summed E-state index contributed by atoms with van der Waals surface area (Å²) in [7, 11) is -1.05. The van der Waals surface area contributed by atoms with Crippen molar-refractivity contribution in [2.45, 2.75) is 6.18 Å². The van der Waals surface area contributed by atoms with Gasteiger partial charge >= 0.3 is 12.1 Å². The van der Waals surface area contributed by atoms with Crippen LogP contribution in [0.25, 0.3) is 0 Å². The maximum Gasteiger partial charge on any atom is 0.417 e. The van der Waals surface area contributed by atoms with Crippen molar-refractivity contribution >= 4 is 22.5 Å². The summed E-state index contributed by atoms with van der Waals surface area (Å²) in [6, 6.07) is 2.88. The highest BCUT2D eigenvalue weighted by Crippen LogP contribution is 2.33. The minimum atomic E-state index is -4.74. The molecule has 0 spiro atoms. The minimum Gasteiger partial charge on any atom is -0.478 e. The molecule has 4 nitrogen and oxygen atoms in total. The molecule has 19 heavy (non-hydrogen) atoms. The average molecular weight is 295 g/mol. The zero-order chi connectivity index (χ0) is 14.6. The molecule has 0 saturated heterocycles. The number of carboxylic acid groups (broad SMARTS) is 1. The Bertz CT molecular complexity index is 502. The molecule has 0 aliphatic heterocycles. The lowest BCUT2D eigenvalue weighted by Crippen LogP contribution is -2.15. The number of carbonyl (C=O) groups is 1. The fourth-order valence-corrected chi connectivity index (χ4v) is 1.80. The van der Waals surface area contributed by atoms with Crippen LogP contribution < -0.4 is 5.32 Å². The van der Waals surface area contributed by atoms with Crippen LogP contribution in [0.4, 0.5) is 18.9 Å². The molecule has 1 aromatic rings. The molecule has 0 fully saturated rings. The zero-order valence-corrected chi connectivity index (χ0v) is 10.8. The molecule has 0 radical (unpaired) electrons. The zero-order valence-electron chi connectivity index (χ0n) is 9.95. The van der Waals surface area contributed by atoms with Gasteiger partial charge in [-0.1, -0.05) is 0 Å². The Morgan fingerprint density at radius 2 is 2.05 bits per heavy atom. The lowest BCUT2D eigenvalue weighted by molar-refractivity contribution is -0.138. The molecule has 0 aliphatic rings. The summed E-state index contributed by atoms with van der Waals surface area (Å²) in [5, 5.41) is 11.4. The summed E-state index contributed by atoms with van der Waals surface area (Å²) in [5.41, 5.74) is -1.86. The number of benzene rings is 1. The van der Waals surface area contributed by atoms with Gasteiger partial charge in [0.15, 0.2) is 0 Å². The number of nitrogens with one attached hydrogen (secondary N) is 1. The highest BCUT2D eigenvalue weighted by molar-refractivity contribution is 7.84. The lowest BCUT2D eigenvalue weighted by Gasteiger charge is -2.13. The molecule has 0 amide bonds. The van der Waals surface area contributed by atoms with Gasteiger partial charge in [0.1, 0.15) is 0 Å². The monoisotopic (exact) mass is 295 g/mol. The summed E-state index contributed by atoms with van der Waals surface area (Å²) in [5.74, 6) is -1.34. The van der Waals surface area contributed by atoms with Crippen molar-refractivity contribution in [3.63, 3.8) is 0 Å². The summed E-state index contributed by atoms with van der Waals surface area (Å²) in [6.45, 7) is 0.243. The van der Waals surface area contributed by atoms with Crippen molar-refractivity contribution in [1.29, 1.82) is 0 Å². The third-order valence-corrected chi connectivity index (χ3v) is 3.05. The van der Waals surface area contributed by atoms with Crippen molar-refractivity contribution in [2.75, 3.05) is 23.9 Å². The molecule has 1 atom stereocenters. The highest BCUT2D eigenvalue weighted by atomic mass is 32.2. The Kier molecular flexibility index (Phi) is 4.93. The van der Waals surface area contributed by atoms with Crippen LogP contribution in [0.15, 0.2) is 18.2 Å². The number of rotatable bonds is 5. The van der Waals surface area contributed by atoms with Crippen molar-refractivity contribution in [3.05, 3.63) is 29.3 Å². The van der Waals surface area contributed by atoms with E-state index in [1.165, 1.54) is 12.3 Å². The normalized spacial score (nSPS) is 13.1. The van der Waals surface area contributed by atoms with Crippen LogP contribution in [0.3, 0.4) is 0 Å². The van der Waals surface area contributed by atoms with Gasteiger partial charge in [0.05, 0.1) is 11.1 Å². The summed E-state index contributed by atoms with van der Waals surface area (Å²) >= 11 is 0. The molecule has 1 unspecified atom stereocenters. The van der Waals surface area contributed by atoms with Gasteiger partial charge in [0.25, 0.3) is 0 Å². The van der Waals surface area contributed by atoms with Gasteiger partial charge in [-0.05, 0) is 18.2 Å². The number of aromatic carboxylic acids is 1. The van der Waals surface area contributed by atoms with E-state index in [4.69, 9.17) is 5.11 Å². The first-order valence-corrected chi connectivity index (χ1v) is 6.93. The molecular formula is C11H12F3NO3S. The maximum absolute atomic E-state index is 12.7. The largest absolute Gasteiger partial charge is 0.478 e. The lowest BCUT2D eigenvalue weighted by atomic mass is 10.1. The molecule has 8 heteroatoms. The molecule has 1 aromatic carbocycles. The molecular weight excluding hydrogens is 283 g/mol. The van der Waals surface area contributed by atoms with Gasteiger partial charge in [0.2, 0.25) is 0 Å². The van der Waals surface area contributed by atoms with Crippen LogP contribution in [0.5, 0.6) is 0 Å². The number of carboxylic acids is 1. The summed E-state index contributed by atoms with van der Waals surface area (Å²) in [4.78, 5) is 10.7. The number of halogens is 3. The van der Waals surface area contributed by atoms with E-state index in [9.17, 15) is 22.2 Å². The Hall–Kier alpha value is -1.57. The number of alkyl halides is 3. The van der Waals surface area contributed by atoms with Crippen LogP contribution in [0.2, 0.25) is 0 Å². The summed E-state index contributed by atoms with van der Waals surface area (Å²) in [6.07, 6.45) is -3.25. The van der Waals surface area contributed by atoms with Crippen LogP contribution in [-0.4, -0.2) is 33.8 Å². The van der Waals surface area contributed by atoms with Crippen molar-refractivity contribution < 1.29 is 27.3 Å². The van der Waals surface area contributed by atoms with E-state index in [-0.39, 0.29) is 12.2 Å². The van der Waals surface area contributed by atoms with E-state index < -0.39 is 34.1 Å². The number of hydrogen-bond acceptors (Lipinski definition) is 3. The third kappa shape index (κ3) is 4.55. The van der Waals surface area contributed by atoms with Gasteiger partial charge in [-0.3, -0.25) is 4.21 Å². The number of anilines is 1. The fraction of sp³-hybridized carbons (Fsp3) is 0.364. The van der Waals surface area contributed by atoms with Crippen LogP contribution >= 0.6 is 0 Å². The first-order chi connectivity index (χ1) is 8.71. The fourth-order valence-electron chi connectivity index (χ4n) is 1.41. The quantitative estimate of drug-likeness (QED) is 0.874. The second kappa shape index (κ2) is 6.05. The van der Waals surface area contributed by atoms with Gasteiger partial charge in [0, 0.05) is 35.0 Å². The predicted molar refractivity (Wildman–Crippen MR) is 65.8 cm³/mol. The first-order valence-electron chi connectivity index (χ1n) is 5.20. The molecule has 0 bridgehead atoms. The Morgan fingerprint density at radius 1 is 1.42 bits per heavy atom. The standard InChI is InChI=1S/C11H12F3NO3S/c1-19(18)5-4-15-7-2-3-8(10(16)17)9(6-7)11(12,13)14/h2-3,6,15H,4-5H2,1H3,(H,16,17). The van der Waals surface area contributed by atoms with E-state index in [0.717, 1.165) is 12.1 Å². The molecule has 0 aromatic heterocycles. The topological polar surface area (TPSA) is 66.4 Å². The van der Waals surface area contributed by atoms with Crippen molar-refractivity contribution in [3.8, 4) is 0 Å². The molecule has 0 saturated carbocycles. The molecule has 0 heterocycles. The van der Waals surface area contributed by atoms with Crippen molar-refractivity contribution in [2.24, 2.45) is 0 Å². The second-order valence-electron chi connectivity index (χ2n) is 3.77. The highest BCUT2D eigenvalue weighted by Gasteiger charge is 2.35. The minimum absolute atomic E-state index is 0.141. The smallest absolute Gasteiger partial charge is 0.417 e. The van der Waals surface area contributed by atoms with E-state index in [2.05, 4.69) is 5.32 Å². The number of hydrogen-bond donors (Lipinski definition) is 2. The first kappa shape index (κ1) is 15.5. The van der Waals surface area contributed by atoms with E-state index >= 15 is 0 Å². The third-order valence-electron chi connectivity index (χ3n) is 2.27. The summed E-state index contributed by atoms with van der Waals surface area (Å²) < 4.78 is 48.9. The van der Waals surface area contributed by atoms with E-state index in [1.54, 1.807) is 0 Å². The van der Waals surface area contributed by atoms with Gasteiger partial charge < -0.3 is 10.4 Å². The van der Waals surface area contributed by atoms with Crippen LogP contribution in [-0.2, 0) is 17.0 Å². The Balaban J connectivity index is 2.99. The van der Waals surface area contributed by atoms with Gasteiger partial charge in [-0.25, -0.2) is 4.79 Å². The van der Waals surface area contributed by atoms with E-state index in [0.29, 0.717) is 5.75 Å². The molecule has 2 N–H and O–H groups in total. The van der Waals surface area contributed by atoms with Crippen LogP contribution in [0, 0.1) is 0 Å². The van der Waals surface area contributed by atoms with E-state index in [1.807, 2.05) is 0 Å². The molecule has 106 valence electrons. The average Bonchev–Trinajstić information content (AvgIpc) is 2.27. The SMILES string of the molecule is CS(=O)CCNc1ccc(C(=O)O)c(C(F)(F)F)c1. The van der Waals surface area contributed by atoms with Crippen molar-refractivity contribution in [1.82, 2.24) is 0 Å². The Labute approximate surface area is 110 Å². The molecule has 0 aliphatic carbocycles. The van der Waals surface area contributed by atoms with Crippen LogP contribution in [0.1, 0.15) is 15.9 Å². The second-order valence-corrected chi connectivity index (χ2v) is 5.32. The molecule has 1 rings (SSSR count). The maximum atomic E-state index is 12.7. The van der Waals surface area contributed by atoms with Gasteiger partial charge in [-0.15, -0.1) is 0 Å². The Morgan fingerprint density at radius 3 is 2.53 bits per heavy atom. The predicted octanol–water partition coefficient (Wildman–Crippen LogP) is 2.19.